The Bertz CT molecular complexity index is 632. The Balaban J connectivity index is 2.18. The van der Waals surface area contributed by atoms with Gasteiger partial charge in [0.1, 0.15) is 12.3 Å². The van der Waals surface area contributed by atoms with Gasteiger partial charge in [0.25, 0.3) is 0 Å². The minimum Gasteiger partial charge on any atom is -0.471 e. The molecule has 0 saturated carbocycles. The SMILES string of the molecule is COC(=O)c1ccnc(OCc2ccccc2Cl)c1N. The monoisotopic (exact) mass is 292 g/mol. The largest absolute Gasteiger partial charge is 0.471 e. The fourth-order valence-corrected chi connectivity index (χ4v) is 1.81. The third kappa shape index (κ3) is 3.00. The molecule has 0 amide bonds. The number of ether oxygens (including phenoxy) is 2. The third-order valence-electron chi connectivity index (χ3n) is 2.68. The molecule has 1 heterocycles. The van der Waals surface area contributed by atoms with Crippen LogP contribution in [-0.4, -0.2) is 18.1 Å². The molecule has 0 spiro atoms. The molecule has 0 aliphatic carbocycles. The standard InChI is InChI=1S/C14H13ClN2O3/c1-19-14(18)10-6-7-17-13(12(10)16)20-8-9-4-2-3-5-11(9)15/h2-7H,8,16H2,1H3. The molecule has 2 rings (SSSR count). The zero-order valence-electron chi connectivity index (χ0n) is 10.8. The normalized spacial score (nSPS) is 10.1. The minimum absolute atomic E-state index is 0.145. The van der Waals surface area contributed by atoms with Gasteiger partial charge in [-0.15, -0.1) is 0 Å². The van der Waals surface area contributed by atoms with Gasteiger partial charge in [-0.25, -0.2) is 9.78 Å². The number of anilines is 1. The Labute approximate surface area is 121 Å². The molecule has 104 valence electrons. The van der Waals surface area contributed by atoms with Crippen LogP contribution in [0.2, 0.25) is 5.02 Å². The van der Waals surface area contributed by atoms with E-state index in [1.807, 2.05) is 18.2 Å². The summed E-state index contributed by atoms with van der Waals surface area (Å²) in [6, 6.07) is 8.76. The highest BCUT2D eigenvalue weighted by Crippen LogP contribution is 2.25. The van der Waals surface area contributed by atoms with E-state index in [0.717, 1.165) is 5.56 Å². The molecule has 0 atom stereocenters. The number of nitrogens with two attached hydrogens (primary N) is 1. The molecule has 0 unspecified atom stereocenters. The Morgan fingerprint density at radius 1 is 1.35 bits per heavy atom. The number of pyridine rings is 1. The number of hydrogen-bond donors (Lipinski definition) is 1. The van der Waals surface area contributed by atoms with Gasteiger partial charge >= 0.3 is 5.97 Å². The predicted octanol–water partition coefficient (Wildman–Crippen LogP) is 2.68. The van der Waals surface area contributed by atoms with Crippen LogP contribution < -0.4 is 10.5 Å². The number of nitrogen functional groups attached to an aromatic ring is 1. The fraction of sp³-hybridized carbons (Fsp3) is 0.143. The fourth-order valence-electron chi connectivity index (χ4n) is 1.62. The van der Waals surface area contributed by atoms with Gasteiger partial charge in [-0.1, -0.05) is 29.8 Å². The van der Waals surface area contributed by atoms with Crippen LogP contribution in [0.5, 0.6) is 5.88 Å². The smallest absolute Gasteiger partial charge is 0.340 e. The van der Waals surface area contributed by atoms with E-state index in [-0.39, 0.29) is 23.7 Å². The van der Waals surface area contributed by atoms with E-state index in [0.29, 0.717) is 5.02 Å². The summed E-state index contributed by atoms with van der Waals surface area (Å²) in [5, 5.41) is 0.593. The number of halogens is 1. The lowest BCUT2D eigenvalue weighted by molar-refractivity contribution is 0.0601. The Hall–Kier alpha value is -2.27. The van der Waals surface area contributed by atoms with Crippen LogP contribution in [0.25, 0.3) is 0 Å². The van der Waals surface area contributed by atoms with E-state index in [4.69, 9.17) is 22.1 Å². The van der Waals surface area contributed by atoms with E-state index in [2.05, 4.69) is 9.72 Å². The van der Waals surface area contributed by atoms with Crippen molar-refractivity contribution in [3.63, 3.8) is 0 Å². The molecule has 5 nitrogen and oxygen atoms in total. The number of nitrogens with zero attached hydrogens (tertiary/aromatic N) is 1. The van der Waals surface area contributed by atoms with Crippen LogP contribution in [0.4, 0.5) is 5.69 Å². The zero-order chi connectivity index (χ0) is 14.5. The number of aromatic nitrogens is 1. The molecule has 2 N–H and O–H groups in total. The first-order valence-electron chi connectivity index (χ1n) is 5.82. The van der Waals surface area contributed by atoms with Crippen molar-refractivity contribution in [3.05, 3.63) is 52.7 Å². The summed E-state index contributed by atoms with van der Waals surface area (Å²) in [6.45, 7) is 0.210. The molecular weight excluding hydrogens is 280 g/mol. The topological polar surface area (TPSA) is 74.4 Å². The van der Waals surface area contributed by atoms with Gasteiger partial charge < -0.3 is 15.2 Å². The van der Waals surface area contributed by atoms with Crippen LogP contribution in [0.1, 0.15) is 15.9 Å². The van der Waals surface area contributed by atoms with E-state index >= 15 is 0 Å². The first kappa shape index (κ1) is 14.1. The van der Waals surface area contributed by atoms with E-state index in [1.54, 1.807) is 6.07 Å². The van der Waals surface area contributed by atoms with Gasteiger partial charge in [0.15, 0.2) is 0 Å². The summed E-state index contributed by atoms with van der Waals surface area (Å²) in [5.74, 6) is -0.361. The molecule has 1 aromatic carbocycles. The number of rotatable bonds is 4. The summed E-state index contributed by atoms with van der Waals surface area (Å²) in [4.78, 5) is 15.5. The number of carbonyl (C=O) groups is 1. The number of benzene rings is 1. The van der Waals surface area contributed by atoms with E-state index in [1.165, 1.54) is 19.4 Å². The van der Waals surface area contributed by atoms with Crippen molar-refractivity contribution >= 4 is 23.3 Å². The zero-order valence-corrected chi connectivity index (χ0v) is 11.6. The van der Waals surface area contributed by atoms with Gasteiger partial charge in [-0.3, -0.25) is 0 Å². The second-order valence-corrected chi connectivity index (χ2v) is 4.36. The second kappa shape index (κ2) is 6.25. The summed E-state index contributed by atoms with van der Waals surface area (Å²) < 4.78 is 10.1. The average Bonchev–Trinajstić information content (AvgIpc) is 2.47. The maximum Gasteiger partial charge on any atom is 0.340 e. The lowest BCUT2D eigenvalue weighted by Gasteiger charge is -2.10. The first-order chi connectivity index (χ1) is 9.63. The predicted molar refractivity (Wildman–Crippen MR) is 75.8 cm³/mol. The van der Waals surface area contributed by atoms with Crippen LogP contribution in [0.15, 0.2) is 36.5 Å². The molecule has 0 aliphatic heterocycles. The van der Waals surface area contributed by atoms with E-state index in [9.17, 15) is 4.79 Å². The van der Waals surface area contributed by atoms with Crippen molar-refractivity contribution in [1.82, 2.24) is 4.98 Å². The molecule has 0 saturated heterocycles. The maximum atomic E-state index is 11.5. The molecule has 1 aromatic heterocycles. The van der Waals surface area contributed by atoms with Crippen LogP contribution in [0, 0.1) is 0 Å². The highest BCUT2D eigenvalue weighted by atomic mass is 35.5. The van der Waals surface area contributed by atoms with Crippen molar-refractivity contribution in [2.24, 2.45) is 0 Å². The van der Waals surface area contributed by atoms with Crippen molar-refractivity contribution < 1.29 is 14.3 Å². The van der Waals surface area contributed by atoms with Crippen molar-refractivity contribution in [1.29, 1.82) is 0 Å². The van der Waals surface area contributed by atoms with Crippen LogP contribution in [0.3, 0.4) is 0 Å². The Morgan fingerprint density at radius 3 is 2.80 bits per heavy atom. The van der Waals surface area contributed by atoms with Gasteiger partial charge in [0, 0.05) is 16.8 Å². The Morgan fingerprint density at radius 2 is 2.10 bits per heavy atom. The molecule has 20 heavy (non-hydrogen) atoms. The van der Waals surface area contributed by atoms with Gasteiger partial charge in [0.2, 0.25) is 5.88 Å². The van der Waals surface area contributed by atoms with E-state index < -0.39 is 5.97 Å². The Kier molecular flexibility index (Phi) is 4.42. The summed E-state index contributed by atoms with van der Waals surface area (Å²) in [5.41, 5.74) is 7.01. The molecule has 0 bridgehead atoms. The lowest BCUT2D eigenvalue weighted by Crippen LogP contribution is -2.09. The molecule has 6 heteroatoms. The minimum atomic E-state index is -0.535. The van der Waals surface area contributed by atoms with Gasteiger partial charge in [-0.05, 0) is 12.1 Å². The highest BCUT2D eigenvalue weighted by molar-refractivity contribution is 6.31. The van der Waals surface area contributed by atoms with Crippen molar-refractivity contribution in [2.75, 3.05) is 12.8 Å². The van der Waals surface area contributed by atoms with Gasteiger partial charge in [0.05, 0.1) is 12.7 Å². The maximum absolute atomic E-state index is 11.5. The molecule has 0 fully saturated rings. The van der Waals surface area contributed by atoms with Crippen LogP contribution >= 0.6 is 11.6 Å². The first-order valence-corrected chi connectivity index (χ1v) is 6.20. The highest BCUT2D eigenvalue weighted by Gasteiger charge is 2.15. The van der Waals surface area contributed by atoms with Crippen molar-refractivity contribution in [3.8, 4) is 5.88 Å². The number of esters is 1. The lowest BCUT2D eigenvalue weighted by atomic mass is 10.2. The number of methoxy groups -OCH3 is 1. The van der Waals surface area contributed by atoms with Crippen molar-refractivity contribution in [2.45, 2.75) is 6.61 Å². The summed E-state index contributed by atoms with van der Waals surface area (Å²) >= 11 is 6.03. The summed E-state index contributed by atoms with van der Waals surface area (Å²) in [7, 11) is 1.28. The number of carbonyl (C=O) groups excluding carboxylic acids is 1. The average molecular weight is 293 g/mol. The summed E-state index contributed by atoms with van der Waals surface area (Å²) in [6.07, 6.45) is 1.44. The number of hydrogen-bond acceptors (Lipinski definition) is 5. The molecule has 0 radical (unpaired) electrons. The van der Waals surface area contributed by atoms with Crippen LogP contribution in [-0.2, 0) is 11.3 Å². The second-order valence-electron chi connectivity index (χ2n) is 3.95. The molecule has 0 aliphatic rings. The molecule has 2 aromatic rings. The molecular formula is C14H13ClN2O3. The quantitative estimate of drug-likeness (QED) is 0.877. The van der Waals surface area contributed by atoms with Gasteiger partial charge in [-0.2, -0.15) is 0 Å². The third-order valence-corrected chi connectivity index (χ3v) is 3.05.